The van der Waals surface area contributed by atoms with Gasteiger partial charge in [-0.3, -0.25) is 0 Å². The molecule has 0 aliphatic heterocycles. The van der Waals surface area contributed by atoms with Crippen LogP contribution in [-0.4, -0.2) is 0 Å². The number of anilines is 1. The summed E-state index contributed by atoms with van der Waals surface area (Å²) in [5.74, 6) is -0.445. The van der Waals surface area contributed by atoms with Crippen LogP contribution in [0.25, 0.3) is 0 Å². The van der Waals surface area contributed by atoms with E-state index in [1.807, 2.05) is 0 Å². The Morgan fingerprint density at radius 3 is 2.60 bits per heavy atom. The van der Waals surface area contributed by atoms with E-state index >= 15 is 0 Å². The van der Waals surface area contributed by atoms with Crippen molar-refractivity contribution in [2.75, 3.05) is 5.73 Å². The molecule has 4 heteroatoms. The van der Waals surface area contributed by atoms with Gasteiger partial charge in [0.05, 0.1) is 5.69 Å². The maximum absolute atomic E-state index is 12.6. The number of benzene rings is 1. The number of halogens is 2. The van der Waals surface area contributed by atoms with Gasteiger partial charge in [-0.15, -0.1) is 12.6 Å². The zero-order valence-corrected chi connectivity index (χ0v) is 7.42. The maximum Gasteiger partial charge on any atom is 0.148 e. The van der Waals surface area contributed by atoms with E-state index in [9.17, 15) is 4.39 Å². The zero-order valence-electron chi connectivity index (χ0n) is 4.94. The largest absolute Gasteiger partial charge is 0.395 e. The molecular weight excluding hydrogens is 217 g/mol. The van der Waals surface area contributed by atoms with Crippen LogP contribution >= 0.6 is 28.6 Å². The molecule has 0 heterocycles. The minimum absolute atomic E-state index is 0.0894. The SMILES string of the molecule is Nc1c(F)cc(Br)cc1S. The Balaban J connectivity index is 3.31. The molecule has 0 saturated heterocycles. The lowest BCUT2D eigenvalue weighted by atomic mass is 10.3. The molecule has 1 aromatic carbocycles. The van der Waals surface area contributed by atoms with Crippen LogP contribution in [0.5, 0.6) is 0 Å². The Hall–Kier alpha value is -0.220. The molecule has 0 fully saturated rings. The van der Waals surface area contributed by atoms with Gasteiger partial charge in [0.25, 0.3) is 0 Å². The van der Waals surface area contributed by atoms with E-state index in [-0.39, 0.29) is 5.69 Å². The Morgan fingerprint density at radius 2 is 2.10 bits per heavy atom. The van der Waals surface area contributed by atoms with E-state index in [1.54, 1.807) is 6.07 Å². The lowest BCUT2D eigenvalue weighted by molar-refractivity contribution is 0.628. The van der Waals surface area contributed by atoms with Crippen molar-refractivity contribution in [1.82, 2.24) is 0 Å². The van der Waals surface area contributed by atoms with Gasteiger partial charge in [0.2, 0.25) is 0 Å². The molecule has 54 valence electrons. The summed E-state index contributed by atoms with van der Waals surface area (Å²) in [6.07, 6.45) is 0. The molecule has 1 rings (SSSR count). The second-order valence-electron chi connectivity index (χ2n) is 1.82. The van der Waals surface area contributed by atoms with Crippen molar-refractivity contribution in [3.63, 3.8) is 0 Å². The van der Waals surface area contributed by atoms with Gasteiger partial charge in [0.15, 0.2) is 0 Å². The molecule has 1 nitrogen and oxygen atoms in total. The highest BCUT2D eigenvalue weighted by molar-refractivity contribution is 9.10. The van der Waals surface area contributed by atoms with E-state index < -0.39 is 5.82 Å². The van der Waals surface area contributed by atoms with Crippen LogP contribution in [0.1, 0.15) is 0 Å². The Bertz CT molecular complexity index is 241. The molecule has 0 unspecified atom stereocenters. The standard InChI is InChI=1S/C6H5BrFNS/c7-3-1-4(8)6(9)5(10)2-3/h1-2,10H,9H2. The van der Waals surface area contributed by atoms with Crippen molar-refractivity contribution in [3.8, 4) is 0 Å². The Labute approximate surface area is 72.0 Å². The Morgan fingerprint density at radius 1 is 1.50 bits per heavy atom. The highest BCUT2D eigenvalue weighted by Crippen LogP contribution is 2.24. The van der Waals surface area contributed by atoms with Crippen molar-refractivity contribution in [1.29, 1.82) is 0 Å². The first-order valence-electron chi connectivity index (χ1n) is 2.54. The average molecular weight is 222 g/mol. The predicted molar refractivity (Wildman–Crippen MR) is 45.8 cm³/mol. The van der Waals surface area contributed by atoms with Gasteiger partial charge < -0.3 is 5.73 Å². The van der Waals surface area contributed by atoms with Crippen molar-refractivity contribution in [2.24, 2.45) is 0 Å². The number of hydrogen-bond donors (Lipinski definition) is 2. The van der Waals surface area contributed by atoms with E-state index in [0.717, 1.165) is 0 Å². The van der Waals surface area contributed by atoms with Gasteiger partial charge in [-0.1, -0.05) is 15.9 Å². The fourth-order valence-corrected chi connectivity index (χ4v) is 1.42. The third-order valence-electron chi connectivity index (χ3n) is 1.07. The highest BCUT2D eigenvalue weighted by Gasteiger charge is 2.02. The van der Waals surface area contributed by atoms with Crippen LogP contribution in [0.3, 0.4) is 0 Å². The molecular formula is C6H5BrFNS. The molecule has 0 atom stereocenters. The van der Waals surface area contributed by atoms with Crippen LogP contribution in [0.15, 0.2) is 21.5 Å². The van der Waals surface area contributed by atoms with Gasteiger partial charge in [-0.25, -0.2) is 4.39 Å². The summed E-state index contributed by atoms with van der Waals surface area (Å²) in [7, 11) is 0. The highest BCUT2D eigenvalue weighted by atomic mass is 79.9. The molecule has 0 amide bonds. The second kappa shape index (κ2) is 2.80. The fourth-order valence-electron chi connectivity index (χ4n) is 0.571. The fraction of sp³-hybridized carbons (Fsp3) is 0. The van der Waals surface area contributed by atoms with Crippen LogP contribution in [-0.2, 0) is 0 Å². The van der Waals surface area contributed by atoms with E-state index in [1.165, 1.54) is 6.07 Å². The van der Waals surface area contributed by atoms with E-state index in [4.69, 9.17) is 5.73 Å². The molecule has 0 radical (unpaired) electrons. The molecule has 1 aromatic rings. The first kappa shape index (κ1) is 7.88. The number of nitrogens with two attached hydrogens (primary N) is 1. The summed E-state index contributed by atoms with van der Waals surface area (Å²) in [5.41, 5.74) is 5.37. The van der Waals surface area contributed by atoms with Crippen LogP contribution in [0.2, 0.25) is 0 Å². The van der Waals surface area contributed by atoms with Gasteiger partial charge in [0.1, 0.15) is 5.82 Å². The van der Waals surface area contributed by atoms with E-state index in [0.29, 0.717) is 9.37 Å². The summed E-state index contributed by atoms with van der Waals surface area (Å²) < 4.78 is 13.3. The minimum Gasteiger partial charge on any atom is -0.395 e. The van der Waals surface area contributed by atoms with Gasteiger partial charge in [0, 0.05) is 9.37 Å². The molecule has 0 bridgehead atoms. The molecule has 2 N–H and O–H groups in total. The molecule has 0 spiro atoms. The van der Waals surface area contributed by atoms with Crippen molar-refractivity contribution >= 4 is 34.2 Å². The normalized spacial score (nSPS) is 9.90. The van der Waals surface area contributed by atoms with Gasteiger partial charge in [-0.2, -0.15) is 0 Å². The van der Waals surface area contributed by atoms with Gasteiger partial charge >= 0.3 is 0 Å². The first-order chi connectivity index (χ1) is 4.61. The summed E-state index contributed by atoms with van der Waals surface area (Å²) in [6, 6.07) is 2.94. The van der Waals surface area contributed by atoms with Crippen molar-refractivity contribution in [3.05, 3.63) is 22.4 Å². The first-order valence-corrected chi connectivity index (χ1v) is 3.79. The molecule has 10 heavy (non-hydrogen) atoms. The smallest absolute Gasteiger partial charge is 0.148 e. The number of thiol groups is 1. The average Bonchev–Trinajstić information content (AvgIpc) is 1.82. The van der Waals surface area contributed by atoms with Crippen molar-refractivity contribution in [2.45, 2.75) is 4.90 Å². The van der Waals surface area contributed by atoms with Crippen molar-refractivity contribution < 1.29 is 4.39 Å². The Kier molecular flexibility index (Phi) is 2.21. The number of nitrogen functional groups attached to an aromatic ring is 1. The zero-order chi connectivity index (χ0) is 7.72. The molecule has 0 aliphatic carbocycles. The lowest BCUT2D eigenvalue weighted by Crippen LogP contribution is -1.91. The minimum atomic E-state index is -0.445. The number of hydrogen-bond acceptors (Lipinski definition) is 2. The van der Waals surface area contributed by atoms with Gasteiger partial charge in [-0.05, 0) is 12.1 Å². The molecule has 0 aromatic heterocycles. The third kappa shape index (κ3) is 1.44. The van der Waals surface area contributed by atoms with E-state index in [2.05, 4.69) is 28.6 Å². The summed E-state index contributed by atoms with van der Waals surface area (Å²) >= 11 is 7.04. The summed E-state index contributed by atoms with van der Waals surface area (Å²) in [5, 5.41) is 0. The second-order valence-corrected chi connectivity index (χ2v) is 3.22. The molecule has 0 aliphatic rings. The molecule has 0 saturated carbocycles. The third-order valence-corrected chi connectivity index (χ3v) is 1.90. The van der Waals surface area contributed by atoms with Crippen LogP contribution in [0.4, 0.5) is 10.1 Å². The lowest BCUT2D eigenvalue weighted by Gasteiger charge is -1.99. The van der Waals surface area contributed by atoms with Crippen LogP contribution < -0.4 is 5.73 Å². The predicted octanol–water partition coefficient (Wildman–Crippen LogP) is 2.46. The maximum atomic E-state index is 12.6. The monoisotopic (exact) mass is 221 g/mol. The van der Waals surface area contributed by atoms with Crippen LogP contribution in [0, 0.1) is 5.82 Å². The quantitative estimate of drug-likeness (QED) is 0.511. The summed E-state index contributed by atoms with van der Waals surface area (Å²) in [4.78, 5) is 0.451. The summed E-state index contributed by atoms with van der Waals surface area (Å²) in [6.45, 7) is 0. The topological polar surface area (TPSA) is 26.0 Å². The number of rotatable bonds is 0.